The molecule has 1 aromatic rings. The average molecular weight is 296 g/mol. The van der Waals surface area contributed by atoms with E-state index in [0.29, 0.717) is 12.0 Å². The standard InChI is InChI=1S/C16H15F3O2/c1-10-7-12(9-11-5-3-2-4-6-11)14(20)13(8-10)15(21)16(17,18)19/h2-6,9-10,20H,7-8H2,1H3. The van der Waals surface area contributed by atoms with Gasteiger partial charge in [-0.05, 0) is 36.0 Å². The van der Waals surface area contributed by atoms with E-state index in [1.165, 1.54) is 0 Å². The Balaban J connectivity index is 2.43. The molecule has 0 amide bonds. The van der Waals surface area contributed by atoms with Crippen molar-refractivity contribution in [3.05, 3.63) is 52.8 Å². The van der Waals surface area contributed by atoms with Crippen molar-refractivity contribution in [2.45, 2.75) is 25.9 Å². The number of hydrogen-bond donors (Lipinski definition) is 1. The normalized spacial score (nSPS) is 21.7. The molecule has 0 spiro atoms. The van der Waals surface area contributed by atoms with Gasteiger partial charge >= 0.3 is 6.18 Å². The van der Waals surface area contributed by atoms with E-state index in [0.717, 1.165) is 5.56 Å². The van der Waals surface area contributed by atoms with Gasteiger partial charge in [0.15, 0.2) is 0 Å². The lowest BCUT2D eigenvalue weighted by Crippen LogP contribution is -2.28. The van der Waals surface area contributed by atoms with Crippen molar-refractivity contribution < 1.29 is 23.1 Å². The largest absolute Gasteiger partial charge is 0.507 e. The fourth-order valence-electron chi connectivity index (χ4n) is 2.43. The van der Waals surface area contributed by atoms with Gasteiger partial charge in [-0.25, -0.2) is 0 Å². The first-order valence-electron chi connectivity index (χ1n) is 6.58. The Labute approximate surface area is 120 Å². The summed E-state index contributed by atoms with van der Waals surface area (Å²) in [5.41, 5.74) is 0.600. The molecule has 0 saturated heterocycles. The van der Waals surface area contributed by atoms with Crippen LogP contribution in [-0.2, 0) is 4.79 Å². The summed E-state index contributed by atoms with van der Waals surface area (Å²) in [6, 6.07) is 8.97. The lowest BCUT2D eigenvalue weighted by atomic mass is 9.83. The number of rotatable bonds is 2. The number of carbonyl (C=O) groups excluding carboxylic acids is 1. The van der Waals surface area contributed by atoms with E-state index in [2.05, 4.69) is 0 Å². The van der Waals surface area contributed by atoms with Crippen molar-refractivity contribution in [2.24, 2.45) is 5.92 Å². The van der Waals surface area contributed by atoms with Crippen LogP contribution in [0.4, 0.5) is 13.2 Å². The van der Waals surface area contributed by atoms with E-state index in [-0.39, 0.29) is 12.3 Å². The van der Waals surface area contributed by atoms with Crippen molar-refractivity contribution in [3.8, 4) is 0 Å². The maximum atomic E-state index is 12.6. The summed E-state index contributed by atoms with van der Waals surface area (Å²) in [7, 11) is 0. The molecule has 1 unspecified atom stereocenters. The Hall–Kier alpha value is -2.04. The second-order valence-electron chi connectivity index (χ2n) is 5.25. The van der Waals surface area contributed by atoms with Gasteiger partial charge in [-0.15, -0.1) is 0 Å². The number of alkyl halides is 3. The third kappa shape index (κ3) is 3.54. The molecule has 21 heavy (non-hydrogen) atoms. The highest BCUT2D eigenvalue weighted by molar-refractivity contribution is 6.01. The molecule has 1 aliphatic rings. The summed E-state index contributed by atoms with van der Waals surface area (Å²) >= 11 is 0. The fraction of sp³-hybridized carbons (Fsp3) is 0.312. The molecule has 0 bridgehead atoms. The van der Waals surface area contributed by atoms with E-state index >= 15 is 0 Å². The van der Waals surface area contributed by atoms with Crippen molar-refractivity contribution in [2.75, 3.05) is 0 Å². The Morgan fingerprint density at radius 2 is 1.86 bits per heavy atom. The summed E-state index contributed by atoms with van der Waals surface area (Å²) in [5.74, 6) is -2.61. The lowest BCUT2D eigenvalue weighted by Gasteiger charge is -2.24. The van der Waals surface area contributed by atoms with Crippen LogP contribution in [0.5, 0.6) is 0 Å². The van der Waals surface area contributed by atoms with Crippen LogP contribution in [0.3, 0.4) is 0 Å². The zero-order valence-corrected chi connectivity index (χ0v) is 11.4. The topological polar surface area (TPSA) is 37.3 Å². The fourth-order valence-corrected chi connectivity index (χ4v) is 2.43. The Bertz CT molecular complexity index is 598. The zero-order chi connectivity index (χ0) is 15.6. The van der Waals surface area contributed by atoms with Gasteiger partial charge in [0.1, 0.15) is 5.76 Å². The third-order valence-corrected chi connectivity index (χ3v) is 3.38. The number of halogens is 3. The minimum atomic E-state index is -4.96. The number of aliphatic hydroxyl groups excluding tert-OH is 1. The second kappa shape index (κ2) is 5.76. The molecule has 0 aromatic heterocycles. The van der Waals surface area contributed by atoms with Crippen LogP contribution in [0.25, 0.3) is 6.08 Å². The molecular weight excluding hydrogens is 281 g/mol. The third-order valence-electron chi connectivity index (χ3n) is 3.38. The predicted octanol–water partition coefficient (Wildman–Crippen LogP) is 4.44. The number of aliphatic hydroxyl groups is 1. The summed E-state index contributed by atoms with van der Waals surface area (Å²) in [6.07, 6.45) is -2.96. The maximum absolute atomic E-state index is 12.6. The quantitative estimate of drug-likeness (QED) is 0.875. The summed E-state index contributed by atoms with van der Waals surface area (Å²) in [5, 5.41) is 10.0. The molecule has 5 heteroatoms. The van der Waals surface area contributed by atoms with Crippen LogP contribution in [0.1, 0.15) is 25.3 Å². The smallest absolute Gasteiger partial charge is 0.454 e. The lowest BCUT2D eigenvalue weighted by molar-refractivity contribution is -0.167. The van der Waals surface area contributed by atoms with Crippen molar-refractivity contribution >= 4 is 11.9 Å². The number of benzene rings is 1. The van der Waals surface area contributed by atoms with Crippen LogP contribution in [-0.4, -0.2) is 17.1 Å². The Kier molecular flexibility index (Phi) is 4.21. The molecular formula is C16H15F3O2. The Morgan fingerprint density at radius 3 is 2.43 bits per heavy atom. The van der Waals surface area contributed by atoms with Gasteiger partial charge in [0.05, 0.1) is 0 Å². The van der Waals surface area contributed by atoms with Crippen molar-refractivity contribution in [1.29, 1.82) is 0 Å². The van der Waals surface area contributed by atoms with Gasteiger partial charge in [0.2, 0.25) is 0 Å². The van der Waals surface area contributed by atoms with E-state index in [1.54, 1.807) is 37.3 Å². The summed E-state index contributed by atoms with van der Waals surface area (Å²) in [4.78, 5) is 11.4. The van der Waals surface area contributed by atoms with Crippen LogP contribution in [0.15, 0.2) is 47.2 Å². The molecule has 2 nitrogen and oxygen atoms in total. The number of ketones is 1. The number of carbonyl (C=O) groups is 1. The van der Waals surface area contributed by atoms with Crippen molar-refractivity contribution in [1.82, 2.24) is 0 Å². The summed E-state index contributed by atoms with van der Waals surface area (Å²) < 4.78 is 37.7. The number of allylic oxidation sites excluding steroid dienone is 2. The molecule has 1 aliphatic carbocycles. The SMILES string of the molecule is CC1CC(=Cc2ccccc2)C(O)=C(C(=O)C(F)(F)F)C1. The maximum Gasteiger partial charge on any atom is 0.454 e. The first-order valence-corrected chi connectivity index (χ1v) is 6.58. The van der Waals surface area contributed by atoms with Crippen LogP contribution in [0.2, 0.25) is 0 Å². The first-order chi connectivity index (χ1) is 9.79. The molecule has 112 valence electrons. The molecule has 0 aliphatic heterocycles. The molecule has 0 heterocycles. The van der Waals surface area contributed by atoms with Gasteiger partial charge in [0.25, 0.3) is 5.78 Å². The predicted molar refractivity (Wildman–Crippen MR) is 73.5 cm³/mol. The molecule has 0 radical (unpaired) electrons. The summed E-state index contributed by atoms with van der Waals surface area (Å²) in [6.45, 7) is 1.76. The van der Waals surface area contributed by atoms with Gasteiger partial charge < -0.3 is 5.11 Å². The van der Waals surface area contributed by atoms with E-state index in [9.17, 15) is 23.1 Å². The highest BCUT2D eigenvalue weighted by Crippen LogP contribution is 2.36. The van der Waals surface area contributed by atoms with E-state index in [4.69, 9.17) is 0 Å². The average Bonchev–Trinajstić information content (AvgIpc) is 2.42. The van der Waals surface area contributed by atoms with Gasteiger partial charge in [0, 0.05) is 5.57 Å². The molecule has 1 N–H and O–H groups in total. The first kappa shape index (κ1) is 15.4. The monoisotopic (exact) mass is 296 g/mol. The minimum Gasteiger partial charge on any atom is -0.507 e. The van der Waals surface area contributed by atoms with E-state index < -0.39 is 23.3 Å². The highest BCUT2D eigenvalue weighted by atomic mass is 19.4. The molecule has 1 aromatic carbocycles. The zero-order valence-electron chi connectivity index (χ0n) is 11.4. The van der Waals surface area contributed by atoms with Crippen LogP contribution < -0.4 is 0 Å². The highest BCUT2D eigenvalue weighted by Gasteiger charge is 2.43. The van der Waals surface area contributed by atoms with Crippen molar-refractivity contribution in [3.63, 3.8) is 0 Å². The molecule has 0 saturated carbocycles. The Morgan fingerprint density at radius 1 is 1.24 bits per heavy atom. The van der Waals surface area contributed by atoms with Gasteiger partial charge in [-0.1, -0.05) is 37.3 Å². The number of hydrogen-bond acceptors (Lipinski definition) is 2. The molecule has 0 fully saturated rings. The van der Waals surface area contributed by atoms with Crippen LogP contribution in [0, 0.1) is 5.92 Å². The molecule has 1 atom stereocenters. The minimum absolute atomic E-state index is 0.0592. The van der Waals surface area contributed by atoms with Gasteiger partial charge in [-0.2, -0.15) is 13.2 Å². The van der Waals surface area contributed by atoms with E-state index in [1.807, 2.05) is 6.07 Å². The second-order valence-corrected chi connectivity index (χ2v) is 5.25. The van der Waals surface area contributed by atoms with Crippen LogP contribution >= 0.6 is 0 Å². The number of Topliss-reactive ketones (excluding diaryl/α,β-unsaturated/α-hetero) is 1. The van der Waals surface area contributed by atoms with Gasteiger partial charge in [-0.3, -0.25) is 4.79 Å². The molecule has 2 rings (SSSR count).